The summed E-state index contributed by atoms with van der Waals surface area (Å²) in [5.74, 6) is 0.894. The van der Waals surface area contributed by atoms with Crippen molar-refractivity contribution in [3.05, 3.63) is 12.3 Å². The smallest absolute Gasteiger partial charge is 0.211 e. The van der Waals surface area contributed by atoms with Gasteiger partial charge in [0.05, 0.1) is 12.7 Å². The molecule has 0 fully saturated rings. The third-order valence-electron chi connectivity index (χ3n) is 1.23. The van der Waals surface area contributed by atoms with Crippen molar-refractivity contribution < 1.29 is 4.74 Å². The first-order chi connectivity index (χ1) is 3.97. The van der Waals surface area contributed by atoms with Crippen molar-refractivity contribution in [2.45, 2.75) is 6.54 Å². The van der Waals surface area contributed by atoms with Gasteiger partial charge in [-0.05, 0) is 0 Å². The van der Waals surface area contributed by atoms with Crippen LogP contribution in [0.1, 0.15) is 0 Å². The van der Waals surface area contributed by atoms with Gasteiger partial charge in [-0.3, -0.25) is 0 Å². The monoisotopic (exact) mass is 110 g/mol. The maximum Gasteiger partial charge on any atom is 0.211 e. The molecule has 0 radical (unpaired) electrons. The largest absolute Gasteiger partial charge is 0.476 e. The van der Waals surface area contributed by atoms with Gasteiger partial charge in [-0.1, -0.05) is 0 Å². The summed E-state index contributed by atoms with van der Waals surface area (Å²) in [5, 5.41) is 3.99. The van der Waals surface area contributed by atoms with Crippen molar-refractivity contribution in [3.63, 3.8) is 0 Å². The van der Waals surface area contributed by atoms with Crippen molar-refractivity contribution in [2.24, 2.45) is 0 Å². The zero-order valence-corrected chi connectivity index (χ0v) is 4.37. The van der Waals surface area contributed by atoms with Gasteiger partial charge in [0.1, 0.15) is 6.61 Å². The molecular weight excluding hydrogens is 104 g/mol. The van der Waals surface area contributed by atoms with Crippen LogP contribution in [0.3, 0.4) is 0 Å². The molecule has 1 aromatic rings. The summed E-state index contributed by atoms with van der Waals surface area (Å²) >= 11 is 0. The van der Waals surface area contributed by atoms with Crippen LogP contribution >= 0.6 is 0 Å². The number of hydrogen-bond donors (Lipinski definition) is 0. The Kier molecular flexibility index (Phi) is 0.614. The van der Waals surface area contributed by atoms with Crippen LogP contribution in [-0.2, 0) is 6.54 Å². The van der Waals surface area contributed by atoms with Gasteiger partial charge in [-0.25, -0.2) is 4.68 Å². The fourth-order valence-corrected chi connectivity index (χ4v) is 0.848. The second kappa shape index (κ2) is 1.24. The highest BCUT2D eigenvalue weighted by atomic mass is 16.5. The molecule has 2 rings (SSSR count). The molecule has 0 spiro atoms. The zero-order chi connectivity index (χ0) is 5.40. The van der Waals surface area contributed by atoms with E-state index in [2.05, 4.69) is 5.10 Å². The maximum absolute atomic E-state index is 5.14. The second-order valence-electron chi connectivity index (χ2n) is 1.74. The normalized spacial score (nSPS) is 15.5. The van der Waals surface area contributed by atoms with Crippen LogP contribution in [0.15, 0.2) is 12.3 Å². The minimum absolute atomic E-state index is 0.781. The standard InChI is InChI=1S/C5H6N2O/c1-2-6-7-3-4-8-5(1)7/h1-2H,3-4H2. The molecule has 42 valence electrons. The molecule has 3 nitrogen and oxygen atoms in total. The molecule has 1 aliphatic heterocycles. The van der Waals surface area contributed by atoms with Crippen molar-refractivity contribution in [3.8, 4) is 5.88 Å². The van der Waals surface area contributed by atoms with E-state index in [0.717, 1.165) is 19.0 Å². The fourth-order valence-electron chi connectivity index (χ4n) is 0.848. The van der Waals surface area contributed by atoms with Crippen molar-refractivity contribution in [2.75, 3.05) is 6.61 Å². The number of ether oxygens (including phenoxy) is 1. The molecule has 0 N–H and O–H groups in total. The van der Waals surface area contributed by atoms with E-state index in [0.29, 0.717) is 0 Å². The molecule has 1 aromatic heterocycles. The minimum atomic E-state index is 0.781. The van der Waals surface area contributed by atoms with E-state index in [4.69, 9.17) is 4.74 Å². The second-order valence-corrected chi connectivity index (χ2v) is 1.74. The van der Waals surface area contributed by atoms with E-state index in [1.807, 2.05) is 10.7 Å². The summed E-state index contributed by atoms with van der Waals surface area (Å²) < 4.78 is 6.99. The van der Waals surface area contributed by atoms with Gasteiger partial charge in [0.2, 0.25) is 5.88 Å². The highest BCUT2D eigenvalue weighted by Crippen LogP contribution is 2.13. The fraction of sp³-hybridized carbons (Fsp3) is 0.400. The molecule has 0 saturated carbocycles. The molecule has 0 atom stereocenters. The SMILES string of the molecule is c1cc2n(n1)CCO2. The van der Waals surface area contributed by atoms with Gasteiger partial charge in [0.25, 0.3) is 0 Å². The molecule has 0 aromatic carbocycles. The quantitative estimate of drug-likeness (QED) is 0.479. The van der Waals surface area contributed by atoms with Crippen LogP contribution in [0.2, 0.25) is 0 Å². The summed E-state index contributed by atoms with van der Waals surface area (Å²) in [7, 11) is 0. The van der Waals surface area contributed by atoms with Crippen molar-refractivity contribution in [1.29, 1.82) is 0 Å². The molecule has 0 amide bonds. The Labute approximate surface area is 46.9 Å². The molecule has 0 bridgehead atoms. The third kappa shape index (κ3) is 0.358. The topological polar surface area (TPSA) is 27.1 Å². The van der Waals surface area contributed by atoms with Gasteiger partial charge < -0.3 is 4.74 Å². The van der Waals surface area contributed by atoms with Crippen LogP contribution in [0.25, 0.3) is 0 Å². The predicted octanol–water partition coefficient (Wildman–Crippen LogP) is 0.275. The van der Waals surface area contributed by atoms with Crippen LogP contribution in [-0.4, -0.2) is 16.4 Å². The molecule has 0 saturated heterocycles. The number of fused-ring (bicyclic) bond motifs is 1. The van der Waals surface area contributed by atoms with Crippen LogP contribution in [0.4, 0.5) is 0 Å². The van der Waals surface area contributed by atoms with Crippen LogP contribution < -0.4 is 4.74 Å². The van der Waals surface area contributed by atoms with E-state index in [-0.39, 0.29) is 0 Å². The summed E-state index contributed by atoms with van der Waals surface area (Å²) in [6.45, 7) is 1.69. The lowest BCUT2D eigenvalue weighted by molar-refractivity contribution is 0.357. The lowest BCUT2D eigenvalue weighted by Crippen LogP contribution is -1.93. The molecule has 0 aliphatic carbocycles. The highest BCUT2D eigenvalue weighted by molar-refractivity contribution is 5.09. The maximum atomic E-state index is 5.14. The first-order valence-corrected chi connectivity index (χ1v) is 2.61. The summed E-state index contributed by atoms with van der Waals surface area (Å²) in [6, 6.07) is 1.87. The Hall–Kier alpha value is -0.990. The first kappa shape index (κ1) is 3.95. The van der Waals surface area contributed by atoms with Crippen LogP contribution in [0.5, 0.6) is 5.88 Å². The summed E-state index contributed by atoms with van der Waals surface area (Å²) in [4.78, 5) is 0. The molecule has 3 heteroatoms. The lowest BCUT2D eigenvalue weighted by atomic mass is 10.7. The Morgan fingerprint density at radius 3 is 3.62 bits per heavy atom. The zero-order valence-electron chi connectivity index (χ0n) is 4.37. The third-order valence-corrected chi connectivity index (χ3v) is 1.23. The Bertz CT molecular complexity index is 176. The van der Waals surface area contributed by atoms with E-state index in [1.165, 1.54) is 0 Å². The molecule has 1 aliphatic rings. The Balaban J connectivity index is 2.54. The average Bonchev–Trinajstić information content (AvgIpc) is 2.15. The van der Waals surface area contributed by atoms with Crippen LogP contribution in [0, 0.1) is 0 Å². The summed E-state index contributed by atoms with van der Waals surface area (Å²) in [5.41, 5.74) is 0. The lowest BCUT2D eigenvalue weighted by Gasteiger charge is -1.85. The van der Waals surface area contributed by atoms with Gasteiger partial charge in [-0.15, -0.1) is 0 Å². The molecule has 0 unspecified atom stereocenters. The van der Waals surface area contributed by atoms with Gasteiger partial charge in [-0.2, -0.15) is 5.10 Å². The predicted molar refractivity (Wildman–Crippen MR) is 27.7 cm³/mol. The van der Waals surface area contributed by atoms with E-state index in [9.17, 15) is 0 Å². The Morgan fingerprint density at radius 1 is 1.75 bits per heavy atom. The Morgan fingerprint density at radius 2 is 2.75 bits per heavy atom. The van der Waals surface area contributed by atoms with Gasteiger partial charge >= 0.3 is 0 Å². The first-order valence-electron chi connectivity index (χ1n) is 2.61. The number of nitrogens with zero attached hydrogens (tertiary/aromatic N) is 2. The summed E-state index contributed by atoms with van der Waals surface area (Å²) in [6.07, 6.45) is 1.74. The van der Waals surface area contributed by atoms with E-state index < -0.39 is 0 Å². The molecule has 2 heterocycles. The average molecular weight is 110 g/mol. The number of rotatable bonds is 0. The highest BCUT2D eigenvalue weighted by Gasteiger charge is 2.08. The molecule has 8 heavy (non-hydrogen) atoms. The van der Waals surface area contributed by atoms with Crippen molar-refractivity contribution in [1.82, 2.24) is 9.78 Å². The van der Waals surface area contributed by atoms with Crippen molar-refractivity contribution >= 4 is 0 Å². The van der Waals surface area contributed by atoms with E-state index >= 15 is 0 Å². The molecular formula is C5H6N2O. The number of hydrogen-bond acceptors (Lipinski definition) is 2. The van der Waals surface area contributed by atoms with Gasteiger partial charge in [0, 0.05) is 6.07 Å². The van der Waals surface area contributed by atoms with E-state index in [1.54, 1.807) is 6.20 Å². The minimum Gasteiger partial charge on any atom is -0.476 e. The number of aromatic nitrogens is 2. The van der Waals surface area contributed by atoms with Gasteiger partial charge in [0.15, 0.2) is 0 Å².